The van der Waals surface area contributed by atoms with Crippen LogP contribution in [0.25, 0.3) is 0 Å². The quantitative estimate of drug-likeness (QED) is 0.761. The van der Waals surface area contributed by atoms with E-state index in [1.54, 1.807) is 11.8 Å². The molecule has 14 heavy (non-hydrogen) atoms. The Morgan fingerprint density at radius 1 is 1.36 bits per heavy atom. The van der Waals surface area contributed by atoms with Gasteiger partial charge in [-0.2, -0.15) is 0 Å². The number of benzene rings is 1. The summed E-state index contributed by atoms with van der Waals surface area (Å²) >= 11 is 1.65. The summed E-state index contributed by atoms with van der Waals surface area (Å²) in [6.45, 7) is 2.87. The average Bonchev–Trinajstić information content (AvgIpc) is 2.25. The van der Waals surface area contributed by atoms with Crippen LogP contribution >= 0.6 is 11.8 Å². The van der Waals surface area contributed by atoms with Crippen LogP contribution in [0.1, 0.15) is 18.9 Å². The summed E-state index contributed by atoms with van der Waals surface area (Å²) in [7, 11) is 0. The molecule has 0 amide bonds. The molecular formula is C11H16O2S. The fourth-order valence-corrected chi connectivity index (χ4v) is 1.65. The third-order valence-electron chi connectivity index (χ3n) is 1.83. The third kappa shape index (κ3) is 3.24. The molecule has 2 nitrogen and oxygen atoms in total. The Hall–Kier alpha value is -0.670. The zero-order chi connectivity index (χ0) is 10.4. The summed E-state index contributed by atoms with van der Waals surface area (Å²) in [6, 6.07) is 5.86. The van der Waals surface area contributed by atoms with E-state index in [4.69, 9.17) is 9.84 Å². The maximum absolute atomic E-state index is 9.04. The van der Waals surface area contributed by atoms with Gasteiger partial charge in [0.15, 0.2) is 0 Å². The van der Waals surface area contributed by atoms with Crippen molar-refractivity contribution in [3.8, 4) is 5.75 Å². The van der Waals surface area contributed by atoms with E-state index in [0.29, 0.717) is 0 Å². The molecule has 0 saturated carbocycles. The molecule has 0 aromatic heterocycles. The Morgan fingerprint density at radius 3 is 2.71 bits per heavy atom. The maximum atomic E-state index is 9.04. The van der Waals surface area contributed by atoms with Gasteiger partial charge in [-0.25, -0.2) is 0 Å². The minimum atomic E-state index is 0.0664. The number of hydrogen-bond donors (Lipinski definition) is 1. The van der Waals surface area contributed by atoms with E-state index in [1.165, 1.54) is 0 Å². The number of hydrogen-bond acceptors (Lipinski definition) is 3. The van der Waals surface area contributed by atoms with Crippen LogP contribution in [-0.4, -0.2) is 18.0 Å². The molecule has 0 spiro atoms. The number of ether oxygens (including phenoxy) is 1. The lowest BCUT2D eigenvalue weighted by Crippen LogP contribution is -1.96. The normalized spacial score (nSPS) is 10.2. The fourth-order valence-electron chi connectivity index (χ4n) is 1.14. The highest BCUT2D eigenvalue weighted by molar-refractivity contribution is 7.98. The molecule has 0 saturated heterocycles. The molecule has 0 atom stereocenters. The average molecular weight is 212 g/mol. The number of rotatable bonds is 5. The molecule has 1 aromatic rings. The fraction of sp³-hybridized carbons (Fsp3) is 0.455. The zero-order valence-corrected chi connectivity index (χ0v) is 9.43. The number of aliphatic hydroxyl groups is 1. The van der Waals surface area contributed by atoms with Gasteiger partial charge in [0.05, 0.1) is 13.2 Å². The van der Waals surface area contributed by atoms with Gasteiger partial charge in [-0.05, 0) is 36.4 Å². The SMILES string of the molecule is CCCOc1cc(CO)cc(SC)c1. The van der Waals surface area contributed by atoms with Crippen LogP contribution < -0.4 is 4.74 Å². The van der Waals surface area contributed by atoms with Crippen molar-refractivity contribution in [2.75, 3.05) is 12.9 Å². The van der Waals surface area contributed by atoms with Crippen molar-refractivity contribution < 1.29 is 9.84 Å². The first-order valence-corrected chi connectivity index (χ1v) is 5.94. The summed E-state index contributed by atoms with van der Waals surface area (Å²) in [5.41, 5.74) is 0.906. The maximum Gasteiger partial charge on any atom is 0.120 e. The van der Waals surface area contributed by atoms with Crippen LogP contribution in [0.15, 0.2) is 23.1 Å². The van der Waals surface area contributed by atoms with E-state index in [0.717, 1.165) is 29.2 Å². The molecule has 0 aliphatic rings. The van der Waals surface area contributed by atoms with Gasteiger partial charge in [-0.3, -0.25) is 0 Å². The molecule has 3 heteroatoms. The van der Waals surface area contributed by atoms with Crippen molar-refractivity contribution >= 4 is 11.8 Å². The number of thioether (sulfide) groups is 1. The Bertz CT molecular complexity index is 264. The lowest BCUT2D eigenvalue weighted by atomic mass is 10.2. The van der Waals surface area contributed by atoms with Crippen molar-refractivity contribution in [1.29, 1.82) is 0 Å². The van der Waals surface area contributed by atoms with E-state index < -0.39 is 0 Å². The van der Waals surface area contributed by atoms with Crippen molar-refractivity contribution in [3.63, 3.8) is 0 Å². The Kier molecular flexibility index (Phi) is 4.84. The molecule has 0 radical (unpaired) electrons. The lowest BCUT2D eigenvalue weighted by molar-refractivity contribution is 0.278. The second-order valence-electron chi connectivity index (χ2n) is 3.02. The summed E-state index contributed by atoms with van der Waals surface area (Å²) in [4.78, 5) is 1.13. The van der Waals surface area contributed by atoms with Crippen LogP contribution in [0.5, 0.6) is 5.75 Å². The topological polar surface area (TPSA) is 29.5 Å². The second-order valence-corrected chi connectivity index (χ2v) is 3.90. The molecule has 1 rings (SSSR count). The summed E-state index contributed by atoms with van der Waals surface area (Å²) in [5, 5.41) is 9.04. The molecule has 78 valence electrons. The third-order valence-corrected chi connectivity index (χ3v) is 2.54. The van der Waals surface area contributed by atoms with E-state index in [2.05, 4.69) is 6.92 Å². The van der Waals surface area contributed by atoms with Crippen LogP contribution in [0.3, 0.4) is 0 Å². The van der Waals surface area contributed by atoms with Gasteiger partial charge in [0.25, 0.3) is 0 Å². The number of aliphatic hydroxyl groups excluding tert-OH is 1. The molecule has 0 aliphatic heterocycles. The molecule has 0 fully saturated rings. The summed E-state index contributed by atoms with van der Waals surface area (Å²) in [5.74, 6) is 0.850. The van der Waals surface area contributed by atoms with Gasteiger partial charge in [0.2, 0.25) is 0 Å². The Balaban J connectivity index is 2.81. The molecule has 1 aromatic carbocycles. The van der Waals surface area contributed by atoms with Crippen LogP contribution in [0.2, 0.25) is 0 Å². The highest BCUT2D eigenvalue weighted by Gasteiger charge is 2.00. The minimum absolute atomic E-state index is 0.0664. The van der Waals surface area contributed by atoms with Gasteiger partial charge in [0, 0.05) is 4.90 Å². The van der Waals surface area contributed by atoms with Crippen molar-refractivity contribution in [2.45, 2.75) is 24.8 Å². The van der Waals surface area contributed by atoms with Crippen molar-refractivity contribution in [1.82, 2.24) is 0 Å². The predicted octanol–water partition coefficient (Wildman–Crippen LogP) is 2.69. The van der Waals surface area contributed by atoms with Crippen LogP contribution in [0.4, 0.5) is 0 Å². The van der Waals surface area contributed by atoms with Crippen molar-refractivity contribution in [3.05, 3.63) is 23.8 Å². The Labute approximate surface area is 89.3 Å². The van der Waals surface area contributed by atoms with Crippen LogP contribution in [0, 0.1) is 0 Å². The molecule has 0 unspecified atom stereocenters. The molecule has 1 N–H and O–H groups in total. The summed E-state index contributed by atoms with van der Waals surface area (Å²) < 4.78 is 5.52. The van der Waals surface area contributed by atoms with Gasteiger partial charge >= 0.3 is 0 Å². The molecule has 0 bridgehead atoms. The first-order valence-electron chi connectivity index (χ1n) is 4.71. The standard InChI is InChI=1S/C11H16O2S/c1-3-4-13-10-5-9(8-12)6-11(7-10)14-2/h5-7,12H,3-4,8H2,1-2H3. The second kappa shape index (κ2) is 5.94. The monoisotopic (exact) mass is 212 g/mol. The first-order chi connectivity index (χ1) is 6.80. The Morgan fingerprint density at radius 2 is 2.14 bits per heavy atom. The zero-order valence-electron chi connectivity index (χ0n) is 8.62. The van der Waals surface area contributed by atoms with Gasteiger partial charge < -0.3 is 9.84 Å². The largest absolute Gasteiger partial charge is 0.494 e. The lowest BCUT2D eigenvalue weighted by Gasteiger charge is -2.08. The van der Waals surface area contributed by atoms with E-state index in [-0.39, 0.29) is 6.61 Å². The molecule has 0 aliphatic carbocycles. The highest BCUT2D eigenvalue weighted by Crippen LogP contribution is 2.23. The first kappa shape index (κ1) is 11.4. The highest BCUT2D eigenvalue weighted by atomic mass is 32.2. The van der Waals surface area contributed by atoms with Gasteiger partial charge in [-0.15, -0.1) is 11.8 Å². The van der Waals surface area contributed by atoms with Crippen LogP contribution in [-0.2, 0) is 6.61 Å². The van der Waals surface area contributed by atoms with E-state index in [1.807, 2.05) is 24.5 Å². The molecular weight excluding hydrogens is 196 g/mol. The smallest absolute Gasteiger partial charge is 0.120 e. The minimum Gasteiger partial charge on any atom is -0.494 e. The van der Waals surface area contributed by atoms with E-state index >= 15 is 0 Å². The van der Waals surface area contributed by atoms with E-state index in [9.17, 15) is 0 Å². The summed E-state index contributed by atoms with van der Waals surface area (Å²) in [6.07, 6.45) is 3.01. The van der Waals surface area contributed by atoms with Gasteiger partial charge in [-0.1, -0.05) is 6.92 Å². The van der Waals surface area contributed by atoms with Gasteiger partial charge in [0.1, 0.15) is 5.75 Å². The molecule has 0 heterocycles. The predicted molar refractivity (Wildman–Crippen MR) is 59.9 cm³/mol. The van der Waals surface area contributed by atoms with Crippen molar-refractivity contribution in [2.24, 2.45) is 0 Å².